The van der Waals surface area contributed by atoms with Crippen molar-refractivity contribution in [2.45, 2.75) is 63.3 Å². The second kappa shape index (κ2) is 8.62. The van der Waals surface area contributed by atoms with Crippen LogP contribution in [0.1, 0.15) is 62.8 Å². The lowest BCUT2D eigenvalue weighted by atomic mass is 9.88. The highest BCUT2D eigenvalue weighted by molar-refractivity contribution is 6.42. The number of carbonyl (C=O) groups is 2. The van der Waals surface area contributed by atoms with E-state index in [4.69, 9.17) is 23.2 Å². The Morgan fingerprint density at radius 3 is 2.43 bits per heavy atom. The highest BCUT2D eigenvalue weighted by Gasteiger charge is 2.47. The Morgan fingerprint density at radius 2 is 1.71 bits per heavy atom. The first kappa shape index (κ1) is 20.0. The van der Waals surface area contributed by atoms with Gasteiger partial charge in [0.15, 0.2) is 0 Å². The fourth-order valence-corrected chi connectivity index (χ4v) is 5.23. The van der Waals surface area contributed by atoms with Crippen LogP contribution >= 0.6 is 23.2 Å². The first-order chi connectivity index (χ1) is 13.5. The molecule has 2 atom stereocenters. The van der Waals surface area contributed by atoms with E-state index in [1.165, 1.54) is 19.3 Å². The third-order valence-corrected chi connectivity index (χ3v) is 7.45. The van der Waals surface area contributed by atoms with Gasteiger partial charge < -0.3 is 10.2 Å². The molecule has 2 aliphatic carbocycles. The molecule has 1 aliphatic heterocycles. The third-order valence-electron chi connectivity index (χ3n) is 6.62. The van der Waals surface area contributed by atoms with Gasteiger partial charge in [-0.2, -0.15) is 0 Å². The zero-order chi connectivity index (χ0) is 19.7. The highest BCUT2D eigenvalue weighted by Crippen LogP contribution is 2.51. The van der Waals surface area contributed by atoms with Crippen LogP contribution in [0.5, 0.6) is 0 Å². The molecular formula is C22H28Cl2N2O2. The average molecular weight is 423 g/mol. The van der Waals surface area contributed by atoms with Crippen LogP contribution in [0.25, 0.3) is 0 Å². The Kier molecular flexibility index (Phi) is 6.17. The number of likely N-dealkylation sites (tertiary alicyclic amines) is 1. The first-order valence-corrected chi connectivity index (χ1v) is 11.3. The Balaban J connectivity index is 1.26. The first-order valence-electron chi connectivity index (χ1n) is 10.6. The summed E-state index contributed by atoms with van der Waals surface area (Å²) in [5.74, 6) is 0.843. The number of halogens is 2. The van der Waals surface area contributed by atoms with Gasteiger partial charge in [0.25, 0.3) is 0 Å². The minimum absolute atomic E-state index is 0.0179. The summed E-state index contributed by atoms with van der Waals surface area (Å²) in [6, 6.07) is 5.85. The van der Waals surface area contributed by atoms with Crippen molar-refractivity contribution < 1.29 is 9.59 Å². The van der Waals surface area contributed by atoms with Crippen molar-refractivity contribution in [3.05, 3.63) is 33.8 Å². The smallest absolute Gasteiger partial charge is 0.226 e. The standard InChI is InChI=1S/C22H28Cl2N2O2/c23-19-8-4-7-16(20(19)24)17-13-18(17)22(28)26-11-9-15(10-12-26)25-21(27)14-5-2-1-3-6-14/h4,7-8,14-15,17-18H,1-3,5-6,9-13H2,(H,25,27). The van der Waals surface area contributed by atoms with E-state index in [1.54, 1.807) is 6.07 Å². The average Bonchev–Trinajstić information content (AvgIpc) is 3.51. The van der Waals surface area contributed by atoms with Crippen molar-refractivity contribution >= 4 is 35.0 Å². The van der Waals surface area contributed by atoms with Crippen molar-refractivity contribution in [1.29, 1.82) is 0 Å². The summed E-state index contributed by atoms with van der Waals surface area (Å²) in [6.07, 6.45) is 8.19. The fraction of sp³-hybridized carbons (Fsp3) is 0.636. The number of nitrogens with zero attached hydrogens (tertiary/aromatic N) is 1. The van der Waals surface area contributed by atoms with E-state index in [0.717, 1.165) is 50.8 Å². The van der Waals surface area contributed by atoms with Crippen molar-refractivity contribution in [3.63, 3.8) is 0 Å². The van der Waals surface area contributed by atoms with E-state index in [9.17, 15) is 9.59 Å². The van der Waals surface area contributed by atoms with E-state index in [1.807, 2.05) is 17.0 Å². The Bertz CT molecular complexity index is 740. The summed E-state index contributed by atoms with van der Waals surface area (Å²) in [5.41, 5.74) is 0.988. The lowest BCUT2D eigenvalue weighted by Gasteiger charge is -2.33. The second-order valence-electron chi connectivity index (χ2n) is 8.53. The van der Waals surface area contributed by atoms with Crippen LogP contribution in [0, 0.1) is 11.8 Å². The molecule has 3 fully saturated rings. The number of benzene rings is 1. The van der Waals surface area contributed by atoms with E-state index in [0.29, 0.717) is 10.0 Å². The quantitative estimate of drug-likeness (QED) is 0.758. The lowest BCUT2D eigenvalue weighted by Crippen LogP contribution is -2.48. The maximum absolute atomic E-state index is 12.9. The summed E-state index contributed by atoms with van der Waals surface area (Å²) >= 11 is 12.4. The van der Waals surface area contributed by atoms with Crippen molar-refractivity contribution in [1.82, 2.24) is 10.2 Å². The number of nitrogens with one attached hydrogen (secondary N) is 1. The van der Waals surface area contributed by atoms with Gasteiger partial charge in [0.1, 0.15) is 0 Å². The molecule has 4 rings (SSSR count). The molecular weight excluding hydrogens is 395 g/mol. The number of hydrogen-bond acceptors (Lipinski definition) is 2. The van der Waals surface area contributed by atoms with Gasteiger partial charge in [0.2, 0.25) is 11.8 Å². The van der Waals surface area contributed by atoms with Gasteiger partial charge in [-0.1, -0.05) is 54.6 Å². The number of amides is 2. The van der Waals surface area contributed by atoms with Crippen molar-refractivity contribution in [3.8, 4) is 0 Å². The summed E-state index contributed by atoms with van der Waals surface area (Å²) in [7, 11) is 0. The topological polar surface area (TPSA) is 49.4 Å². The zero-order valence-electron chi connectivity index (χ0n) is 16.1. The number of carbonyl (C=O) groups excluding carboxylic acids is 2. The molecule has 0 spiro atoms. The van der Waals surface area contributed by atoms with Gasteiger partial charge in [0, 0.05) is 31.0 Å². The molecule has 0 bridgehead atoms. The minimum Gasteiger partial charge on any atom is -0.353 e. The van der Waals surface area contributed by atoms with Crippen LogP contribution in [0.4, 0.5) is 0 Å². The summed E-state index contributed by atoms with van der Waals surface area (Å²) < 4.78 is 0. The lowest BCUT2D eigenvalue weighted by molar-refractivity contribution is -0.134. The molecule has 28 heavy (non-hydrogen) atoms. The summed E-state index contributed by atoms with van der Waals surface area (Å²) in [4.78, 5) is 27.3. The Hall–Kier alpha value is -1.26. The van der Waals surface area contributed by atoms with E-state index in [-0.39, 0.29) is 35.6 Å². The summed E-state index contributed by atoms with van der Waals surface area (Å²) in [5, 5.41) is 4.36. The molecule has 1 aromatic carbocycles. The molecule has 0 aromatic heterocycles. The monoisotopic (exact) mass is 422 g/mol. The maximum atomic E-state index is 12.9. The molecule has 152 valence electrons. The largest absolute Gasteiger partial charge is 0.353 e. The van der Waals surface area contributed by atoms with Crippen molar-refractivity contribution in [2.75, 3.05) is 13.1 Å². The third kappa shape index (κ3) is 4.33. The highest BCUT2D eigenvalue weighted by atomic mass is 35.5. The van der Waals surface area contributed by atoms with Crippen LogP contribution in [-0.4, -0.2) is 35.8 Å². The fourth-order valence-electron chi connectivity index (χ4n) is 4.78. The predicted molar refractivity (Wildman–Crippen MR) is 112 cm³/mol. The second-order valence-corrected chi connectivity index (χ2v) is 9.32. The molecule has 1 heterocycles. The molecule has 2 amide bonds. The van der Waals surface area contributed by atoms with Gasteiger partial charge in [-0.25, -0.2) is 0 Å². The number of hydrogen-bond donors (Lipinski definition) is 1. The number of rotatable bonds is 4. The zero-order valence-corrected chi connectivity index (χ0v) is 17.6. The van der Waals surface area contributed by atoms with Crippen LogP contribution in [0.3, 0.4) is 0 Å². The molecule has 6 heteroatoms. The molecule has 2 unspecified atom stereocenters. The van der Waals surface area contributed by atoms with Crippen molar-refractivity contribution in [2.24, 2.45) is 11.8 Å². The molecule has 2 saturated carbocycles. The van der Waals surface area contributed by atoms with Crippen LogP contribution in [0.2, 0.25) is 10.0 Å². The van der Waals surface area contributed by atoms with Gasteiger partial charge in [-0.15, -0.1) is 0 Å². The molecule has 1 N–H and O–H groups in total. The number of piperidine rings is 1. The predicted octanol–water partition coefficient (Wildman–Crippen LogP) is 4.78. The van der Waals surface area contributed by atoms with Gasteiger partial charge in [-0.05, 0) is 49.7 Å². The van der Waals surface area contributed by atoms with Crippen LogP contribution in [0.15, 0.2) is 18.2 Å². The molecule has 0 radical (unpaired) electrons. The normalized spacial score (nSPS) is 26.1. The maximum Gasteiger partial charge on any atom is 0.226 e. The van der Waals surface area contributed by atoms with E-state index >= 15 is 0 Å². The van der Waals surface area contributed by atoms with Gasteiger partial charge in [-0.3, -0.25) is 9.59 Å². The molecule has 1 aromatic rings. The summed E-state index contributed by atoms with van der Waals surface area (Å²) in [6.45, 7) is 1.45. The van der Waals surface area contributed by atoms with Gasteiger partial charge in [0.05, 0.1) is 10.0 Å². The van der Waals surface area contributed by atoms with Crippen LogP contribution in [-0.2, 0) is 9.59 Å². The van der Waals surface area contributed by atoms with E-state index < -0.39 is 0 Å². The SMILES string of the molecule is O=C(NC1CCN(C(=O)C2CC2c2cccc(Cl)c2Cl)CC1)C1CCCCC1. The van der Waals surface area contributed by atoms with E-state index in [2.05, 4.69) is 5.32 Å². The molecule has 1 saturated heterocycles. The molecule has 3 aliphatic rings. The Labute approximate surface area is 176 Å². The molecule has 4 nitrogen and oxygen atoms in total. The van der Waals surface area contributed by atoms with Crippen LogP contribution < -0.4 is 5.32 Å². The van der Waals surface area contributed by atoms with Gasteiger partial charge >= 0.3 is 0 Å². The minimum atomic E-state index is 0.0179. The Morgan fingerprint density at radius 1 is 1.00 bits per heavy atom.